The maximum absolute atomic E-state index is 11.6. The number of carbonyl (C=O) groups is 1. The molecule has 0 aliphatic carbocycles. The molecule has 0 saturated heterocycles. The maximum atomic E-state index is 11.6. The van der Waals surface area contributed by atoms with Crippen LogP contribution in [0.5, 0.6) is 11.5 Å². The molecule has 0 aliphatic heterocycles. The number of fused-ring (bicyclic) bond motifs is 1. The van der Waals surface area contributed by atoms with Gasteiger partial charge >= 0.3 is 0 Å². The Hall–Kier alpha value is -3.28. The van der Waals surface area contributed by atoms with Crippen molar-refractivity contribution in [3.8, 4) is 11.5 Å². The Morgan fingerprint density at radius 1 is 1.14 bits per heavy atom. The van der Waals surface area contributed by atoms with Crippen LogP contribution in [0.25, 0.3) is 11.0 Å². The summed E-state index contributed by atoms with van der Waals surface area (Å²) in [6.45, 7) is 3.78. The zero-order valence-electron chi connectivity index (χ0n) is 16.9. The second-order valence-electron chi connectivity index (χ2n) is 6.59. The van der Waals surface area contributed by atoms with Crippen molar-refractivity contribution >= 4 is 16.9 Å². The van der Waals surface area contributed by atoms with E-state index >= 15 is 0 Å². The number of aryl methyl sites for hydroxylation is 1. The van der Waals surface area contributed by atoms with Crippen molar-refractivity contribution in [2.45, 2.75) is 26.3 Å². The van der Waals surface area contributed by atoms with E-state index in [1.54, 1.807) is 13.2 Å². The van der Waals surface area contributed by atoms with Crippen LogP contribution in [0.2, 0.25) is 0 Å². The minimum Gasteiger partial charge on any atom is -0.497 e. The molecule has 0 spiro atoms. The summed E-state index contributed by atoms with van der Waals surface area (Å²) < 4.78 is 13.2. The van der Waals surface area contributed by atoms with Gasteiger partial charge in [0, 0.05) is 19.5 Å². The standard InChI is InChI=1S/C23H27N3O3/c1-3-7-23(27)24-15-14-22-25-20-8-4-5-9-21(20)26(22)16-6-17-29-19-12-10-18(28-2)11-13-19/h3-5,7-13H,6,14-17H2,1-2H3,(H,24,27)/b7-3+. The van der Waals surface area contributed by atoms with Gasteiger partial charge in [0.1, 0.15) is 17.3 Å². The van der Waals surface area contributed by atoms with Crippen LogP contribution in [0, 0.1) is 0 Å². The minimum atomic E-state index is -0.0805. The largest absolute Gasteiger partial charge is 0.497 e. The van der Waals surface area contributed by atoms with E-state index < -0.39 is 0 Å². The lowest BCUT2D eigenvalue weighted by molar-refractivity contribution is -0.116. The molecule has 1 aromatic heterocycles. The van der Waals surface area contributed by atoms with Crippen LogP contribution in [0.3, 0.4) is 0 Å². The Morgan fingerprint density at radius 3 is 2.66 bits per heavy atom. The van der Waals surface area contributed by atoms with Crippen molar-refractivity contribution < 1.29 is 14.3 Å². The number of nitrogens with zero attached hydrogens (tertiary/aromatic N) is 2. The number of hydrogen-bond donors (Lipinski definition) is 1. The molecule has 0 bridgehead atoms. The number of methoxy groups -OCH3 is 1. The predicted octanol–water partition coefficient (Wildman–Crippen LogP) is 3.75. The Bertz CT molecular complexity index is 961. The summed E-state index contributed by atoms with van der Waals surface area (Å²) in [5.74, 6) is 2.53. The predicted molar refractivity (Wildman–Crippen MR) is 114 cm³/mol. The van der Waals surface area contributed by atoms with Gasteiger partial charge < -0.3 is 19.4 Å². The molecular formula is C23H27N3O3. The van der Waals surface area contributed by atoms with Crippen LogP contribution in [-0.2, 0) is 17.8 Å². The van der Waals surface area contributed by atoms with Gasteiger partial charge in [-0.15, -0.1) is 0 Å². The van der Waals surface area contributed by atoms with Gasteiger partial charge in [0.15, 0.2) is 0 Å². The Morgan fingerprint density at radius 2 is 1.90 bits per heavy atom. The summed E-state index contributed by atoms with van der Waals surface area (Å²) in [7, 11) is 1.65. The van der Waals surface area contributed by atoms with Gasteiger partial charge in [-0.05, 0) is 55.8 Å². The molecule has 0 unspecified atom stereocenters. The number of amides is 1. The monoisotopic (exact) mass is 393 g/mol. The van der Waals surface area contributed by atoms with Crippen LogP contribution >= 0.6 is 0 Å². The summed E-state index contributed by atoms with van der Waals surface area (Å²) in [5, 5.41) is 2.89. The van der Waals surface area contributed by atoms with Crippen molar-refractivity contribution in [3.05, 3.63) is 66.5 Å². The molecule has 29 heavy (non-hydrogen) atoms. The molecule has 6 heteroatoms. The average molecular weight is 393 g/mol. The molecule has 3 aromatic rings. The van der Waals surface area contributed by atoms with E-state index in [1.165, 1.54) is 6.08 Å². The second kappa shape index (κ2) is 10.3. The van der Waals surface area contributed by atoms with E-state index in [-0.39, 0.29) is 5.91 Å². The van der Waals surface area contributed by atoms with E-state index in [1.807, 2.05) is 49.4 Å². The average Bonchev–Trinajstić information content (AvgIpc) is 3.09. The van der Waals surface area contributed by atoms with Gasteiger partial charge in [0.2, 0.25) is 5.91 Å². The summed E-state index contributed by atoms with van der Waals surface area (Å²) in [6, 6.07) is 15.7. The highest BCUT2D eigenvalue weighted by Crippen LogP contribution is 2.19. The van der Waals surface area contributed by atoms with Crippen molar-refractivity contribution in [2.24, 2.45) is 0 Å². The smallest absolute Gasteiger partial charge is 0.243 e. The number of para-hydroxylation sites is 2. The summed E-state index contributed by atoms with van der Waals surface area (Å²) >= 11 is 0. The lowest BCUT2D eigenvalue weighted by Gasteiger charge is -2.11. The van der Waals surface area contributed by atoms with Gasteiger partial charge in [0.25, 0.3) is 0 Å². The van der Waals surface area contributed by atoms with Gasteiger partial charge in [-0.25, -0.2) is 4.98 Å². The van der Waals surface area contributed by atoms with E-state index in [0.717, 1.165) is 41.3 Å². The first-order chi connectivity index (χ1) is 14.2. The van der Waals surface area contributed by atoms with Crippen LogP contribution in [0.4, 0.5) is 0 Å². The first-order valence-electron chi connectivity index (χ1n) is 9.83. The number of benzene rings is 2. The zero-order valence-corrected chi connectivity index (χ0v) is 16.9. The number of ether oxygens (including phenoxy) is 2. The normalized spacial score (nSPS) is 11.1. The summed E-state index contributed by atoms with van der Waals surface area (Å²) in [6.07, 6.45) is 4.79. The molecular weight excluding hydrogens is 366 g/mol. The minimum absolute atomic E-state index is 0.0805. The molecule has 6 nitrogen and oxygen atoms in total. The molecule has 2 aromatic carbocycles. The van der Waals surface area contributed by atoms with Gasteiger partial charge in [-0.3, -0.25) is 4.79 Å². The highest BCUT2D eigenvalue weighted by molar-refractivity contribution is 5.87. The molecule has 1 amide bonds. The third-order valence-electron chi connectivity index (χ3n) is 4.55. The summed E-state index contributed by atoms with van der Waals surface area (Å²) in [4.78, 5) is 16.4. The van der Waals surface area contributed by atoms with Crippen LogP contribution in [0.15, 0.2) is 60.7 Å². The number of nitrogens with one attached hydrogen (secondary N) is 1. The van der Waals surface area contributed by atoms with Crippen LogP contribution in [-0.4, -0.2) is 35.7 Å². The lowest BCUT2D eigenvalue weighted by Crippen LogP contribution is -2.24. The third-order valence-corrected chi connectivity index (χ3v) is 4.55. The SMILES string of the molecule is C/C=C/C(=O)NCCc1nc2ccccc2n1CCCOc1ccc(OC)cc1. The number of rotatable bonds is 10. The molecule has 3 rings (SSSR count). The fourth-order valence-electron chi connectivity index (χ4n) is 3.16. The van der Waals surface area contributed by atoms with Gasteiger partial charge in [0.05, 0.1) is 24.8 Å². The molecule has 0 saturated carbocycles. The number of hydrogen-bond acceptors (Lipinski definition) is 4. The molecule has 0 aliphatic rings. The second-order valence-corrected chi connectivity index (χ2v) is 6.59. The van der Waals surface area contributed by atoms with Crippen LogP contribution in [0.1, 0.15) is 19.2 Å². The molecule has 0 atom stereocenters. The fourth-order valence-corrected chi connectivity index (χ4v) is 3.16. The highest BCUT2D eigenvalue weighted by Gasteiger charge is 2.10. The van der Waals surface area contributed by atoms with E-state index in [4.69, 9.17) is 14.5 Å². The van der Waals surface area contributed by atoms with Gasteiger partial charge in [-0.2, -0.15) is 0 Å². The quantitative estimate of drug-likeness (QED) is 0.421. The van der Waals surface area contributed by atoms with E-state index in [0.29, 0.717) is 19.6 Å². The van der Waals surface area contributed by atoms with Crippen molar-refractivity contribution in [1.29, 1.82) is 0 Å². The van der Waals surface area contributed by atoms with Crippen molar-refractivity contribution in [3.63, 3.8) is 0 Å². The molecule has 0 radical (unpaired) electrons. The number of allylic oxidation sites excluding steroid dienone is 1. The summed E-state index contributed by atoms with van der Waals surface area (Å²) in [5.41, 5.74) is 2.07. The maximum Gasteiger partial charge on any atom is 0.243 e. The van der Waals surface area contributed by atoms with Crippen molar-refractivity contribution in [1.82, 2.24) is 14.9 Å². The van der Waals surface area contributed by atoms with Gasteiger partial charge in [-0.1, -0.05) is 18.2 Å². The first kappa shape index (κ1) is 20.5. The lowest BCUT2D eigenvalue weighted by atomic mass is 10.3. The highest BCUT2D eigenvalue weighted by atomic mass is 16.5. The molecule has 1 heterocycles. The Labute approximate surface area is 171 Å². The van der Waals surface area contributed by atoms with Crippen LogP contribution < -0.4 is 14.8 Å². The Kier molecular flexibility index (Phi) is 7.28. The topological polar surface area (TPSA) is 65.4 Å². The van der Waals surface area contributed by atoms with E-state index in [9.17, 15) is 4.79 Å². The molecule has 152 valence electrons. The first-order valence-corrected chi connectivity index (χ1v) is 9.83. The fraction of sp³-hybridized carbons (Fsp3) is 0.304. The molecule has 1 N–H and O–H groups in total. The molecule has 0 fully saturated rings. The zero-order chi connectivity index (χ0) is 20.5. The number of imidazole rings is 1. The number of carbonyl (C=O) groups excluding carboxylic acids is 1. The van der Waals surface area contributed by atoms with E-state index in [2.05, 4.69) is 16.0 Å². The number of aromatic nitrogens is 2. The third kappa shape index (κ3) is 5.60. The van der Waals surface area contributed by atoms with Crippen molar-refractivity contribution in [2.75, 3.05) is 20.3 Å². The Balaban J connectivity index is 1.59.